The quantitative estimate of drug-likeness (QED) is 0.862. The van der Waals surface area contributed by atoms with Crippen molar-refractivity contribution < 1.29 is 4.79 Å². The molecule has 1 aromatic rings. The van der Waals surface area contributed by atoms with Gasteiger partial charge < -0.3 is 10.6 Å². The Morgan fingerprint density at radius 3 is 2.28 bits per heavy atom. The van der Waals surface area contributed by atoms with Crippen LogP contribution >= 0.6 is 11.3 Å². The van der Waals surface area contributed by atoms with Gasteiger partial charge in [-0.3, -0.25) is 4.79 Å². The van der Waals surface area contributed by atoms with Crippen molar-refractivity contribution in [1.29, 1.82) is 0 Å². The van der Waals surface area contributed by atoms with Crippen LogP contribution in [0.1, 0.15) is 33.4 Å². The molecular weight excluding hydrogens is 246 g/mol. The van der Waals surface area contributed by atoms with Crippen molar-refractivity contribution in [2.24, 2.45) is 11.8 Å². The molecule has 1 rings (SSSR count). The average Bonchev–Trinajstić information content (AvgIpc) is 2.61. The first-order valence-corrected chi connectivity index (χ1v) is 7.24. The maximum atomic E-state index is 12.2. The Balaban J connectivity index is 2.63. The van der Waals surface area contributed by atoms with Gasteiger partial charge in [-0.2, -0.15) is 0 Å². The first-order valence-electron chi connectivity index (χ1n) is 6.36. The van der Waals surface area contributed by atoms with Gasteiger partial charge in [-0.05, 0) is 11.8 Å². The average molecular weight is 269 g/mol. The predicted molar refractivity (Wildman–Crippen MR) is 76.5 cm³/mol. The second kappa shape index (κ2) is 6.73. The van der Waals surface area contributed by atoms with Gasteiger partial charge in [-0.15, -0.1) is 11.3 Å². The van der Waals surface area contributed by atoms with E-state index in [9.17, 15) is 4.79 Å². The van der Waals surface area contributed by atoms with Gasteiger partial charge in [0.15, 0.2) is 5.13 Å². The summed E-state index contributed by atoms with van der Waals surface area (Å²) in [4.78, 5) is 18.3. The minimum atomic E-state index is 0.141. The molecule has 0 saturated carbocycles. The summed E-state index contributed by atoms with van der Waals surface area (Å²) in [5.74, 6) is 1.10. The van der Waals surface area contributed by atoms with E-state index in [1.165, 1.54) is 11.3 Å². The van der Waals surface area contributed by atoms with Crippen molar-refractivity contribution in [3.8, 4) is 0 Å². The highest BCUT2D eigenvalue weighted by molar-refractivity contribution is 7.13. The van der Waals surface area contributed by atoms with Crippen LogP contribution in [0.25, 0.3) is 0 Å². The number of nitrogen functional groups attached to an aromatic ring is 1. The number of rotatable bonds is 6. The highest BCUT2D eigenvalue weighted by atomic mass is 32.1. The number of nitrogens with two attached hydrogens (primary N) is 1. The Morgan fingerprint density at radius 1 is 1.33 bits per heavy atom. The third-order valence-corrected chi connectivity index (χ3v) is 3.15. The summed E-state index contributed by atoms with van der Waals surface area (Å²) >= 11 is 1.38. The number of hydrogen-bond donors (Lipinski definition) is 1. The number of anilines is 1. The summed E-state index contributed by atoms with van der Waals surface area (Å²) in [6.07, 6.45) is 0.354. The second-order valence-corrected chi connectivity index (χ2v) is 6.33. The Bertz CT molecular complexity index is 377. The maximum Gasteiger partial charge on any atom is 0.228 e. The van der Waals surface area contributed by atoms with E-state index in [4.69, 9.17) is 5.73 Å². The Labute approximate surface area is 113 Å². The normalized spacial score (nSPS) is 11.2. The number of hydrogen-bond acceptors (Lipinski definition) is 4. The number of thiazole rings is 1. The standard InChI is InChI=1S/C13H23N3OS/c1-9(2)6-16(7-10(3)4)12(17)5-11-8-18-13(14)15-11/h8-10H,5-7H2,1-4H3,(H2,14,15). The number of aromatic nitrogens is 1. The van der Waals surface area contributed by atoms with Gasteiger partial charge in [0.25, 0.3) is 0 Å². The van der Waals surface area contributed by atoms with Gasteiger partial charge >= 0.3 is 0 Å². The number of carbonyl (C=O) groups is 1. The molecule has 0 aliphatic carbocycles. The second-order valence-electron chi connectivity index (χ2n) is 5.44. The van der Waals surface area contributed by atoms with Crippen LogP contribution in [0.4, 0.5) is 5.13 Å². The Kier molecular flexibility index (Phi) is 5.59. The van der Waals surface area contributed by atoms with Gasteiger partial charge in [-0.1, -0.05) is 27.7 Å². The van der Waals surface area contributed by atoms with E-state index in [0.717, 1.165) is 18.8 Å². The lowest BCUT2D eigenvalue weighted by molar-refractivity contribution is -0.131. The Hall–Kier alpha value is -1.10. The van der Waals surface area contributed by atoms with E-state index in [1.54, 1.807) is 0 Å². The highest BCUT2D eigenvalue weighted by Crippen LogP contribution is 2.13. The van der Waals surface area contributed by atoms with Crippen LogP contribution in [0.3, 0.4) is 0 Å². The lowest BCUT2D eigenvalue weighted by Gasteiger charge is -2.26. The fraction of sp³-hybridized carbons (Fsp3) is 0.692. The molecule has 0 atom stereocenters. The number of carbonyl (C=O) groups excluding carboxylic acids is 1. The van der Waals surface area contributed by atoms with Crippen molar-refractivity contribution in [2.75, 3.05) is 18.8 Å². The maximum absolute atomic E-state index is 12.2. The number of nitrogens with zero attached hydrogens (tertiary/aromatic N) is 2. The van der Waals surface area contributed by atoms with Crippen LogP contribution in [-0.2, 0) is 11.2 Å². The smallest absolute Gasteiger partial charge is 0.228 e. The van der Waals surface area contributed by atoms with Crippen LogP contribution in [0, 0.1) is 11.8 Å². The van der Waals surface area contributed by atoms with Crippen LogP contribution in [0.5, 0.6) is 0 Å². The first-order chi connectivity index (χ1) is 8.38. The van der Waals surface area contributed by atoms with Crippen molar-refractivity contribution in [1.82, 2.24) is 9.88 Å². The minimum absolute atomic E-state index is 0.141. The van der Waals surface area contributed by atoms with Crippen molar-refractivity contribution in [3.05, 3.63) is 11.1 Å². The van der Waals surface area contributed by atoms with Gasteiger partial charge in [-0.25, -0.2) is 4.98 Å². The van der Waals surface area contributed by atoms with Crippen LogP contribution in [0.15, 0.2) is 5.38 Å². The molecule has 4 nitrogen and oxygen atoms in total. The van der Waals surface area contributed by atoms with Crippen molar-refractivity contribution in [3.63, 3.8) is 0 Å². The van der Waals surface area contributed by atoms with E-state index in [0.29, 0.717) is 23.4 Å². The van der Waals surface area contributed by atoms with Crippen LogP contribution in [-0.4, -0.2) is 28.9 Å². The van der Waals surface area contributed by atoms with Gasteiger partial charge in [0.2, 0.25) is 5.91 Å². The molecule has 1 aromatic heterocycles. The third kappa shape index (κ3) is 5.04. The number of amides is 1. The van der Waals surface area contributed by atoms with E-state index < -0.39 is 0 Å². The molecule has 0 spiro atoms. The molecule has 1 amide bonds. The largest absolute Gasteiger partial charge is 0.375 e. The monoisotopic (exact) mass is 269 g/mol. The molecule has 0 aliphatic heterocycles. The van der Waals surface area contributed by atoms with Crippen LogP contribution in [0.2, 0.25) is 0 Å². The molecule has 0 bridgehead atoms. The summed E-state index contributed by atoms with van der Waals surface area (Å²) in [6.45, 7) is 10.1. The molecular formula is C13H23N3OS. The van der Waals surface area contributed by atoms with Crippen molar-refractivity contribution in [2.45, 2.75) is 34.1 Å². The van der Waals surface area contributed by atoms with Gasteiger partial charge in [0.1, 0.15) is 0 Å². The summed E-state index contributed by atoms with van der Waals surface area (Å²) in [5.41, 5.74) is 6.35. The first kappa shape index (κ1) is 15.0. The van der Waals surface area contributed by atoms with E-state index >= 15 is 0 Å². The van der Waals surface area contributed by atoms with E-state index in [2.05, 4.69) is 32.7 Å². The summed E-state index contributed by atoms with van der Waals surface area (Å²) in [5, 5.41) is 2.38. The fourth-order valence-corrected chi connectivity index (χ4v) is 2.39. The predicted octanol–water partition coefficient (Wildman–Crippen LogP) is 2.41. The lowest BCUT2D eigenvalue weighted by atomic mass is 10.1. The molecule has 2 N–H and O–H groups in total. The summed E-state index contributed by atoms with van der Waals surface area (Å²) < 4.78 is 0. The molecule has 0 fully saturated rings. The fourth-order valence-electron chi connectivity index (χ4n) is 1.83. The molecule has 18 heavy (non-hydrogen) atoms. The topological polar surface area (TPSA) is 59.2 Å². The van der Waals surface area contributed by atoms with Crippen molar-refractivity contribution >= 4 is 22.4 Å². The zero-order chi connectivity index (χ0) is 13.7. The SMILES string of the molecule is CC(C)CN(CC(C)C)C(=O)Cc1csc(N)n1. The third-order valence-electron chi connectivity index (χ3n) is 2.43. The summed E-state index contributed by atoms with van der Waals surface area (Å²) in [6, 6.07) is 0. The minimum Gasteiger partial charge on any atom is -0.375 e. The van der Waals surface area contributed by atoms with Crippen LogP contribution < -0.4 is 5.73 Å². The molecule has 0 saturated heterocycles. The zero-order valence-corrected chi connectivity index (χ0v) is 12.5. The zero-order valence-electron chi connectivity index (χ0n) is 11.6. The molecule has 102 valence electrons. The molecule has 0 aromatic carbocycles. The summed E-state index contributed by atoms with van der Waals surface area (Å²) in [7, 11) is 0. The Morgan fingerprint density at radius 2 is 1.89 bits per heavy atom. The van der Waals surface area contributed by atoms with Gasteiger partial charge in [0, 0.05) is 18.5 Å². The highest BCUT2D eigenvalue weighted by Gasteiger charge is 2.17. The molecule has 1 heterocycles. The molecule has 0 unspecified atom stereocenters. The molecule has 0 aliphatic rings. The molecule has 0 radical (unpaired) electrons. The lowest BCUT2D eigenvalue weighted by Crippen LogP contribution is -2.38. The van der Waals surface area contributed by atoms with Gasteiger partial charge in [0.05, 0.1) is 12.1 Å². The van der Waals surface area contributed by atoms with E-state index in [-0.39, 0.29) is 5.91 Å². The molecule has 5 heteroatoms. The van der Waals surface area contributed by atoms with E-state index in [1.807, 2.05) is 10.3 Å².